The number of piperidine rings is 1. The Labute approximate surface area is 90.8 Å². The molecule has 1 aromatic carbocycles. The molecular weight excluding hydrogens is 211 g/mol. The van der Waals surface area contributed by atoms with Gasteiger partial charge >= 0.3 is 0 Å². The third-order valence-corrected chi connectivity index (χ3v) is 3.10. The maximum absolute atomic E-state index is 13.0. The quantitative estimate of drug-likeness (QED) is 0.565. The Morgan fingerprint density at radius 3 is 2.44 bits per heavy atom. The number of amides is 2. The first-order valence-electron chi connectivity index (χ1n) is 5.02. The molecule has 2 aliphatic rings. The molecule has 0 aromatic heterocycles. The molecule has 3 rings (SSSR count). The minimum atomic E-state index is -0.548. The van der Waals surface area contributed by atoms with E-state index in [9.17, 15) is 14.0 Å². The maximum Gasteiger partial charge on any atom is 0.237 e. The number of nitrogens with two attached hydrogens (primary N) is 1. The van der Waals surface area contributed by atoms with Gasteiger partial charge in [0.25, 0.3) is 0 Å². The summed E-state index contributed by atoms with van der Waals surface area (Å²) in [6.07, 6.45) is 0.658. The lowest BCUT2D eigenvalue weighted by Gasteiger charge is -2.16. The number of anilines is 2. The summed E-state index contributed by atoms with van der Waals surface area (Å²) in [7, 11) is 0. The van der Waals surface area contributed by atoms with Crippen molar-refractivity contribution in [3.63, 3.8) is 0 Å². The maximum atomic E-state index is 13.0. The fraction of sp³-hybridized carbons (Fsp3) is 0.273. The van der Waals surface area contributed by atoms with Crippen LogP contribution < -0.4 is 10.6 Å². The van der Waals surface area contributed by atoms with E-state index in [0.29, 0.717) is 12.1 Å². The Kier molecular flexibility index (Phi) is 1.64. The van der Waals surface area contributed by atoms with Gasteiger partial charge in [-0.1, -0.05) is 0 Å². The third kappa shape index (κ3) is 1.08. The monoisotopic (exact) mass is 220 g/mol. The van der Waals surface area contributed by atoms with E-state index in [2.05, 4.69) is 0 Å². The van der Waals surface area contributed by atoms with Crippen LogP contribution in [0.4, 0.5) is 15.8 Å². The highest BCUT2D eigenvalue weighted by Crippen LogP contribution is 2.48. The molecule has 1 aliphatic heterocycles. The zero-order valence-electron chi connectivity index (χ0n) is 8.31. The summed E-state index contributed by atoms with van der Waals surface area (Å²) >= 11 is 0. The summed E-state index contributed by atoms with van der Waals surface area (Å²) in [5, 5.41) is 0. The Bertz CT molecular complexity index is 495. The van der Waals surface area contributed by atoms with Crippen molar-refractivity contribution >= 4 is 23.2 Å². The van der Waals surface area contributed by atoms with Gasteiger partial charge in [0.05, 0.1) is 23.2 Å². The van der Waals surface area contributed by atoms with Crippen molar-refractivity contribution in [1.82, 2.24) is 0 Å². The summed E-state index contributed by atoms with van der Waals surface area (Å²) in [6.45, 7) is 0. The van der Waals surface area contributed by atoms with E-state index in [1.165, 1.54) is 12.1 Å². The molecule has 2 fully saturated rings. The molecule has 1 saturated heterocycles. The van der Waals surface area contributed by atoms with E-state index in [1.807, 2.05) is 0 Å². The molecule has 1 aromatic rings. The molecule has 2 N–H and O–H groups in total. The summed E-state index contributed by atoms with van der Waals surface area (Å²) < 4.78 is 13.0. The molecule has 0 radical (unpaired) electrons. The van der Waals surface area contributed by atoms with Crippen molar-refractivity contribution in [2.24, 2.45) is 11.8 Å². The molecule has 0 bridgehead atoms. The summed E-state index contributed by atoms with van der Waals surface area (Å²) in [4.78, 5) is 24.6. The van der Waals surface area contributed by atoms with E-state index in [1.54, 1.807) is 0 Å². The second-order valence-electron chi connectivity index (χ2n) is 4.17. The predicted octanol–water partition coefficient (Wildman–Crippen LogP) is 0.917. The van der Waals surface area contributed by atoms with Crippen LogP contribution in [-0.2, 0) is 9.59 Å². The molecule has 0 spiro atoms. The normalized spacial score (nSPS) is 27.2. The molecule has 4 nitrogen and oxygen atoms in total. The second-order valence-corrected chi connectivity index (χ2v) is 4.17. The standard InChI is InChI=1S/C11H9FN2O2/c12-8-2-1-5(3-9(8)13)14-10(15)6-4-7(6)11(14)16/h1-3,6-7H,4,13H2. The Morgan fingerprint density at radius 2 is 1.88 bits per heavy atom. The lowest BCUT2D eigenvalue weighted by Crippen LogP contribution is -2.32. The van der Waals surface area contributed by atoms with Gasteiger partial charge in [-0.2, -0.15) is 0 Å². The molecule has 5 heteroatoms. The summed E-state index contributed by atoms with van der Waals surface area (Å²) in [5.41, 5.74) is 5.71. The molecule has 1 saturated carbocycles. The molecular formula is C11H9FN2O2. The van der Waals surface area contributed by atoms with Crippen molar-refractivity contribution in [2.75, 3.05) is 10.6 Å². The minimum absolute atomic E-state index is 0.0568. The van der Waals surface area contributed by atoms with Crippen LogP contribution in [0.5, 0.6) is 0 Å². The lowest BCUT2D eigenvalue weighted by atomic mass is 10.2. The smallest absolute Gasteiger partial charge is 0.237 e. The number of rotatable bonds is 1. The van der Waals surface area contributed by atoms with Gasteiger partial charge in [-0.3, -0.25) is 9.59 Å². The number of carbonyl (C=O) groups is 2. The number of nitrogen functional groups attached to an aromatic ring is 1. The molecule has 1 heterocycles. The van der Waals surface area contributed by atoms with Crippen LogP contribution in [0.1, 0.15) is 6.42 Å². The van der Waals surface area contributed by atoms with Crippen LogP contribution in [0.25, 0.3) is 0 Å². The fourth-order valence-electron chi connectivity index (χ4n) is 2.11. The van der Waals surface area contributed by atoms with Crippen LogP contribution in [0, 0.1) is 17.7 Å². The molecule has 16 heavy (non-hydrogen) atoms. The number of carbonyl (C=O) groups excluding carboxylic acids is 2. The Hall–Kier alpha value is -1.91. The molecule has 2 amide bonds. The first-order chi connectivity index (χ1) is 7.59. The predicted molar refractivity (Wildman–Crippen MR) is 54.9 cm³/mol. The number of halogens is 1. The van der Waals surface area contributed by atoms with Crippen molar-refractivity contribution < 1.29 is 14.0 Å². The van der Waals surface area contributed by atoms with Gasteiger partial charge in [-0.05, 0) is 24.6 Å². The zero-order valence-corrected chi connectivity index (χ0v) is 8.31. The van der Waals surface area contributed by atoms with Crippen LogP contribution in [-0.4, -0.2) is 11.8 Å². The number of imide groups is 1. The van der Waals surface area contributed by atoms with Crippen molar-refractivity contribution in [3.8, 4) is 0 Å². The van der Waals surface area contributed by atoms with Gasteiger partial charge in [0.15, 0.2) is 0 Å². The van der Waals surface area contributed by atoms with Gasteiger partial charge in [-0.25, -0.2) is 9.29 Å². The topological polar surface area (TPSA) is 63.4 Å². The van der Waals surface area contributed by atoms with Gasteiger partial charge in [0.2, 0.25) is 11.8 Å². The Balaban J connectivity index is 2.01. The number of fused-ring (bicyclic) bond motifs is 1. The highest BCUT2D eigenvalue weighted by Gasteiger charge is 2.59. The van der Waals surface area contributed by atoms with Gasteiger partial charge < -0.3 is 5.73 Å². The largest absolute Gasteiger partial charge is 0.396 e. The number of hydrogen-bond acceptors (Lipinski definition) is 3. The van der Waals surface area contributed by atoms with E-state index in [-0.39, 0.29) is 29.3 Å². The SMILES string of the molecule is Nc1cc(N2C(=O)C3CC3C2=O)ccc1F. The Morgan fingerprint density at radius 1 is 1.25 bits per heavy atom. The van der Waals surface area contributed by atoms with Crippen LogP contribution in [0.15, 0.2) is 18.2 Å². The van der Waals surface area contributed by atoms with E-state index in [0.717, 1.165) is 11.0 Å². The van der Waals surface area contributed by atoms with Crippen molar-refractivity contribution in [2.45, 2.75) is 6.42 Å². The van der Waals surface area contributed by atoms with E-state index >= 15 is 0 Å². The van der Waals surface area contributed by atoms with Crippen molar-refractivity contribution in [3.05, 3.63) is 24.0 Å². The summed E-state index contributed by atoms with van der Waals surface area (Å²) in [6, 6.07) is 3.87. The third-order valence-electron chi connectivity index (χ3n) is 3.10. The highest BCUT2D eigenvalue weighted by molar-refractivity contribution is 6.24. The highest BCUT2D eigenvalue weighted by atomic mass is 19.1. The average molecular weight is 220 g/mol. The van der Waals surface area contributed by atoms with Gasteiger partial charge in [0.1, 0.15) is 5.82 Å². The van der Waals surface area contributed by atoms with Crippen LogP contribution >= 0.6 is 0 Å². The van der Waals surface area contributed by atoms with E-state index in [4.69, 9.17) is 5.73 Å². The van der Waals surface area contributed by atoms with Gasteiger partial charge in [-0.15, -0.1) is 0 Å². The molecule has 1 aliphatic carbocycles. The number of benzene rings is 1. The number of hydrogen-bond donors (Lipinski definition) is 1. The lowest BCUT2D eigenvalue weighted by molar-refractivity contribution is -0.123. The molecule has 2 unspecified atom stereocenters. The fourth-order valence-corrected chi connectivity index (χ4v) is 2.11. The van der Waals surface area contributed by atoms with Crippen molar-refractivity contribution in [1.29, 1.82) is 0 Å². The molecule has 82 valence electrons. The first-order valence-corrected chi connectivity index (χ1v) is 5.02. The van der Waals surface area contributed by atoms with E-state index < -0.39 is 5.82 Å². The van der Waals surface area contributed by atoms with Crippen LogP contribution in [0.2, 0.25) is 0 Å². The second kappa shape index (κ2) is 2.81. The summed E-state index contributed by atoms with van der Waals surface area (Å²) in [5.74, 6) is -1.24. The minimum Gasteiger partial charge on any atom is -0.396 e. The zero-order chi connectivity index (χ0) is 11.4. The van der Waals surface area contributed by atoms with Crippen LogP contribution in [0.3, 0.4) is 0 Å². The first kappa shape index (κ1) is 9.33. The van der Waals surface area contributed by atoms with Gasteiger partial charge in [0, 0.05) is 0 Å². The number of nitrogens with zero attached hydrogens (tertiary/aromatic N) is 1. The average Bonchev–Trinajstić information content (AvgIpc) is 2.98. The molecule has 2 atom stereocenters.